The lowest BCUT2D eigenvalue weighted by atomic mass is 10.3. The number of aliphatic hydroxyl groups excluding tert-OH is 8. The third kappa shape index (κ3) is 139. The number of carbonyl (C=O) groups is 5. The number of allylic oxidation sites excluding steroid dienone is 1. The molecule has 20 nitrogen and oxygen atoms in total. The van der Waals surface area contributed by atoms with Crippen LogP contribution in [0.4, 0.5) is 0 Å². The van der Waals surface area contributed by atoms with Crippen LogP contribution in [0.1, 0.15) is 103 Å². The molecule has 0 aromatic heterocycles. The fourth-order valence-electron chi connectivity index (χ4n) is 1.60. The number of rotatable bonds is 13. The Morgan fingerprint density at radius 2 is 0.950 bits per heavy atom. The van der Waals surface area contributed by atoms with E-state index in [1.54, 1.807) is 40.1 Å². The van der Waals surface area contributed by atoms with Crippen molar-refractivity contribution < 1.29 is 69.6 Å². The average molecular weight is 883 g/mol. The fraction of sp³-hybridized carbons (Fsp3) is 0.825. The van der Waals surface area contributed by atoms with Gasteiger partial charge in [0, 0.05) is 102 Å². The van der Waals surface area contributed by atoms with Crippen molar-refractivity contribution in [3.8, 4) is 0 Å². The van der Waals surface area contributed by atoms with E-state index >= 15 is 0 Å². The summed E-state index contributed by atoms with van der Waals surface area (Å²) in [6, 6.07) is 0. The highest BCUT2D eigenvalue weighted by Gasteiger charge is 1.99. The van der Waals surface area contributed by atoms with Crippen LogP contribution in [-0.2, 0) is 28.7 Å². The Bertz CT molecular complexity index is 882. The summed E-state index contributed by atoms with van der Waals surface area (Å²) in [5.41, 5.74) is 5.55. The zero-order valence-electron chi connectivity index (χ0n) is 40.7. The number of methoxy groups -OCH3 is 1. The van der Waals surface area contributed by atoms with Crippen LogP contribution >= 0.6 is 0 Å². The minimum absolute atomic E-state index is 0.00463. The van der Waals surface area contributed by atoms with E-state index in [0.29, 0.717) is 12.8 Å². The number of primary amides is 1. The van der Waals surface area contributed by atoms with E-state index < -0.39 is 24.4 Å². The number of hydrogen-bond acceptors (Lipinski definition) is 15. The first-order valence-electron chi connectivity index (χ1n) is 19.6. The number of nitrogens with one attached hydrogen (secondary N) is 2. The third-order valence-electron chi connectivity index (χ3n) is 5.79. The SMILES string of the molecule is C=C(C)N(C)CCOC.CC(=O)N(C)C.CC(N)=O.CCN(CC)C(C)=O.CCNC(C)=O.CC[C@@H](O)CO.CC[C@H](O)CO.CNC(C)=O.C[C@@H](O)CO.C[C@H](O)CO. The summed E-state index contributed by atoms with van der Waals surface area (Å²) in [4.78, 5) is 54.8. The van der Waals surface area contributed by atoms with Crippen LogP contribution in [-0.4, -0.2) is 204 Å². The molecular formula is C40H94N6O14. The van der Waals surface area contributed by atoms with Gasteiger partial charge in [0.25, 0.3) is 0 Å². The number of nitrogens with two attached hydrogens (primary N) is 1. The van der Waals surface area contributed by atoms with E-state index in [2.05, 4.69) is 27.8 Å². The number of amides is 5. The van der Waals surface area contributed by atoms with Crippen molar-refractivity contribution in [2.75, 3.05) is 94.5 Å². The number of carbonyl (C=O) groups excluding carboxylic acids is 5. The standard InChI is InChI=1S/C7H15NO.C6H13NO.2C4H9NO.2C4H10O2.C3H7NO.2C3H8O2.C2H5NO/c1-7(2)8(3)5-6-9-4;1-4-7(5-2)6(3)8;1-4(6)5(2)3;1-3-5-4(2)6;2*1-2-4(6)3-5;1-3(5)4-2;2*1-3(5)2-4;1-2(3)4/h1,5-6H2,2-4H3;4-5H2,1-3H3;1-3H3;3H2,1-2H3,(H,5,6);2*4-6H,2-3H2,1H3;1-2H3,(H,4,5);2*3-5H,2H2,1H3;1H3,(H2,3,4)/t;;;;2*4-;;2*3-;/m....10.10./s1. The van der Waals surface area contributed by atoms with Crippen LogP contribution < -0.4 is 16.4 Å². The van der Waals surface area contributed by atoms with Gasteiger partial charge in [-0.2, -0.15) is 0 Å². The topological polar surface area (TPSA) is 316 Å². The summed E-state index contributed by atoms with van der Waals surface area (Å²) >= 11 is 0. The number of aliphatic hydroxyl groups is 8. The monoisotopic (exact) mass is 883 g/mol. The highest BCUT2D eigenvalue weighted by molar-refractivity contribution is 5.73. The van der Waals surface area contributed by atoms with E-state index in [1.165, 1.54) is 46.4 Å². The Morgan fingerprint density at radius 1 is 0.667 bits per heavy atom. The normalized spacial score (nSPS) is 10.5. The highest BCUT2D eigenvalue weighted by atomic mass is 16.5. The molecule has 20 heteroatoms. The molecule has 12 N–H and O–H groups in total. The summed E-state index contributed by atoms with van der Waals surface area (Å²) in [6.07, 6.45) is -0.868. The van der Waals surface area contributed by atoms with Gasteiger partial charge >= 0.3 is 0 Å². The van der Waals surface area contributed by atoms with Gasteiger partial charge in [0.1, 0.15) is 0 Å². The lowest BCUT2D eigenvalue weighted by Gasteiger charge is -2.17. The van der Waals surface area contributed by atoms with Crippen molar-refractivity contribution in [3.05, 3.63) is 12.3 Å². The van der Waals surface area contributed by atoms with E-state index in [4.69, 9.17) is 45.6 Å². The maximum Gasteiger partial charge on any atom is 0.219 e. The van der Waals surface area contributed by atoms with E-state index in [0.717, 1.165) is 38.5 Å². The summed E-state index contributed by atoms with van der Waals surface area (Å²) < 4.78 is 4.88. The number of ether oxygens (including phenoxy) is 1. The number of nitrogens with zero attached hydrogens (tertiary/aromatic N) is 3. The van der Waals surface area contributed by atoms with E-state index in [9.17, 15) is 24.0 Å². The molecule has 0 aliphatic carbocycles. The average Bonchev–Trinajstić information content (AvgIpc) is 3.17. The van der Waals surface area contributed by atoms with Crippen molar-refractivity contribution in [1.29, 1.82) is 0 Å². The van der Waals surface area contributed by atoms with Gasteiger partial charge in [0.05, 0.1) is 57.5 Å². The summed E-state index contributed by atoms with van der Waals surface area (Å²) in [5, 5.41) is 70.0. The maximum absolute atomic E-state index is 10.5. The first kappa shape index (κ1) is 80.5. The maximum atomic E-state index is 10.5. The van der Waals surface area contributed by atoms with Gasteiger partial charge in [0.15, 0.2) is 0 Å². The third-order valence-corrected chi connectivity index (χ3v) is 5.79. The molecule has 0 aliphatic heterocycles. The van der Waals surface area contributed by atoms with Gasteiger partial charge in [-0.3, -0.25) is 24.0 Å². The van der Waals surface area contributed by atoms with Crippen LogP contribution in [0, 0.1) is 0 Å². The highest BCUT2D eigenvalue weighted by Crippen LogP contribution is 1.93. The van der Waals surface area contributed by atoms with Gasteiger partial charge < -0.3 is 76.7 Å². The molecule has 0 aliphatic rings. The van der Waals surface area contributed by atoms with Crippen LogP contribution in [0.15, 0.2) is 12.3 Å². The molecule has 0 heterocycles. The Morgan fingerprint density at radius 3 is 1.00 bits per heavy atom. The van der Waals surface area contributed by atoms with Crippen molar-refractivity contribution in [1.82, 2.24) is 25.3 Å². The first-order valence-corrected chi connectivity index (χ1v) is 19.6. The number of hydrogen-bond donors (Lipinski definition) is 11. The molecule has 5 amide bonds. The van der Waals surface area contributed by atoms with Gasteiger partial charge in [-0.15, -0.1) is 0 Å². The predicted octanol–water partition coefficient (Wildman–Crippen LogP) is -0.328. The van der Waals surface area contributed by atoms with Crippen LogP contribution in [0.3, 0.4) is 0 Å². The summed E-state index contributed by atoms with van der Waals surface area (Å²) in [5.74, 6) is -0.0347. The lowest BCUT2D eigenvalue weighted by molar-refractivity contribution is -0.128. The molecule has 0 aromatic rings. The first-order chi connectivity index (χ1) is 27.5. The zero-order valence-corrected chi connectivity index (χ0v) is 40.7. The van der Waals surface area contributed by atoms with Gasteiger partial charge in [-0.1, -0.05) is 20.4 Å². The van der Waals surface area contributed by atoms with Crippen molar-refractivity contribution in [2.24, 2.45) is 5.73 Å². The minimum Gasteiger partial charge on any atom is -0.394 e. The minimum atomic E-state index is -0.560. The van der Waals surface area contributed by atoms with Crippen LogP contribution in [0.5, 0.6) is 0 Å². The molecule has 0 fully saturated rings. The van der Waals surface area contributed by atoms with E-state index in [1.807, 2.05) is 48.6 Å². The summed E-state index contributed by atoms with van der Waals surface area (Å²) in [7, 11) is 8.75. The second kappa shape index (κ2) is 67.3. The molecular weight excluding hydrogens is 788 g/mol. The predicted molar refractivity (Wildman–Crippen MR) is 241 cm³/mol. The van der Waals surface area contributed by atoms with Gasteiger partial charge in [-0.25, -0.2) is 0 Å². The largest absolute Gasteiger partial charge is 0.394 e. The van der Waals surface area contributed by atoms with Crippen molar-refractivity contribution in [3.63, 3.8) is 0 Å². The fourth-order valence-corrected chi connectivity index (χ4v) is 1.60. The van der Waals surface area contributed by atoms with Gasteiger partial charge in [-0.05, 0) is 54.4 Å². The molecule has 0 spiro atoms. The molecule has 4 atom stereocenters. The Kier molecular flexibility index (Phi) is 90.3. The molecule has 0 saturated heterocycles. The Balaban J connectivity index is -0.0000000584. The molecule has 0 saturated carbocycles. The lowest BCUT2D eigenvalue weighted by Crippen LogP contribution is -2.27. The molecule has 0 bridgehead atoms. The summed E-state index contributed by atoms with van der Waals surface area (Å²) in [6.45, 7) is 29.3. The van der Waals surface area contributed by atoms with Crippen LogP contribution in [0.25, 0.3) is 0 Å². The second-order valence-corrected chi connectivity index (χ2v) is 12.3. The quantitative estimate of drug-likeness (QED) is 0.113. The molecule has 368 valence electrons. The number of likely N-dealkylation sites (N-methyl/N-ethyl adjacent to an activating group) is 1. The van der Waals surface area contributed by atoms with Crippen LogP contribution in [0.2, 0.25) is 0 Å². The zero-order chi connectivity index (χ0) is 50.4. The second-order valence-electron chi connectivity index (χ2n) is 12.3. The molecule has 0 aromatic carbocycles. The molecule has 0 rings (SSSR count). The van der Waals surface area contributed by atoms with Gasteiger partial charge in [0.2, 0.25) is 29.5 Å². The molecule has 0 unspecified atom stereocenters. The Hall–Kier alpha value is -3.47. The van der Waals surface area contributed by atoms with Crippen molar-refractivity contribution >= 4 is 29.5 Å². The Labute approximate surface area is 363 Å². The molecule has 60 heavy (non-hydrogen) atoms. The van der Waals surface area contributed by atoms with E-state index in [-0.39, 0.29) is 56.0 Å². The smallest absolute Gasteiger partial charge is 0.219 e. The molecule has 0 radical (unpaired) electrons. The van der Waals surface area contributed by atoms with Crippen molar-refractivity contribution in [2.45, 2.75) is 127 Å².